The lowest BCUT2D eigenvalue weighted by molar-refractivity contribution is -0.117. The van der Waals surface area contributed by atoms with Gasteiger partial charge in [-0.05, 0) is 55.3 Å². The number of carbonyl (C=O) groups excluding carboxylic acids is 2. The number of benzene rings is 2. The minimum Gasteiger partial charge on any atom is -0.326 e. The molecule has 0 fully saturated rings. The van der Waals surface area contributed by atoms with Crippen LogP contribution >= 0.6 is 23.2 Å². The molecule has 132 valence electrons. The van der Waals surface area contributed by atoms with Crippen LogP contribution in [0.4, 0.5) is 11.4 Å². The summed E-state index contributed by atoms with van der Waals surface area (Å²) in [6, 6.07) is 10.8. The quantitative estimate of drug-likeness (QED) is 0.796. The highest BCUT2D eigenvalue weighted by Crippen LogP contribution is 2.29. The Hall–Kier alpha value is -2.04. The van der Waals surface area contributed by atoms with Crippen molar-refractivity contribution in [1.82, 2.24) is 0 Å². The van der Waals surface area contributed by atoms with Gasteiger partial charge in [0.25, 0.3) is 0 Å². The summed E-state index contributed by atoms with van der Waals surface area (Å²) in [6.45, 7) is 5.62. The number of amides is 2. The predicted molar refractivity (Wildman–Crippen MR) is 104 cm³/mol. The number of nitrogens with zero attached hydrogens (tertiary/aromatic N) is 1. The fraction of sp³-hybridized carbons (Fsp3) is 0.263. The average Bonchev–Trinajstić information content (AvgIpc) is 2.47. The van der Waals surface area contributed by atoms with E-state index in [1.54, 1.807) is 18.2 Å². The molecule has 0 aliphatic carbocycles. The van der Waals surface area contributed by atoms with Crippen molar-refractivity contribution in [3.63, 3.8) is 0 Å². The van der Waals surface area contributed by atoms with Crippen molar-refractivity contribution in [3.8, 4) is 0 Å². The highest BCUT2D eigenvalue weighted by atomic mass is 35.5. The number of anilines is 2. The predicted octanol–water partition coefficient (Wildman–Crippen LogP) is 4.99. The van der Waals surface area contributed by atoms with Crippen molar-refractivity contribution in [2.24, 2.45) is 0 Å². The summed E-state index contributed by atoms with van der Waals surface area (Å²) < 4.78 is 0. The van der Waals surface area contributed by atoms with Crippen molar-refractivity contribution in [2.75, 3.05) is 16.8 Å². The molecule has 4 nitrogen and oxygen atoms in total. The molecule has 2 aromatic carbocycles. The van der Waals surface area contributed by atoms with Crippen LogP contribution in [0.1, 0.15) is 24.5 Å². The molecule has 0 aromatic heterocycles. The van der Waals surface area contributed by atoms with Gasteiger partial charge in [-0.1, -0.05) is 29.3 Å². The second kappa shape index (κ2) is 8.37. The van der Waals surface area contributed by atoms with Gasteiger partial charge in [-0.3, -0.25) is 9.59 Å². The third kappa shape index (κ3) is 5.48. The Labute approximate surface area is 157 Å². The molecule has 2 amide bonds. The van der Waals surface area contributed by atoms with E-state index in [0.29, 0.717) is 15.7 Å². The monoisotopic (exact) mass is 378 g/mol. The first-order chi connectivity index (χ1) is 11.8. The molecule has 0 bridgehead atoms. The first-order valence-electron chi connectivity index (χ1n) is 7.87. The smallest absolute Gasteiger partial charge is 0.226 e. The lowest BCUT2D eigenvalue weighted by Crippen LogP contribution is -2.32. The summed E-state index contributed by atoms with van der Waals surface area (Å²) in [4.78, 5) is 25.6. The Morgan fingerprint density at radius 3 is 2.24 bits per heavy atom. The molecule has 0 saturated carbocycles. The van der Waals surface area contributed by atoms with Crippen LogP contribution in [-0.4, -0.2) is 18.4 Å². The van der Waals surface area contributed by atoms with Crippen LogP contribution in [0.2, 0.25) is 10.0 Å². The maximum atomic E-state index is 12.2. The van der Waals surface area contributed by atoms with E-state index in [-0.39, 0.29) is 24.8 Å². The summed E-state index contributed by atoms with van der Waals surface area (Å²) in [7, 11) is 0. The molecule has 1 N–H and O–H groups in total. The molecule has 0 saturated heterocycles. The Morgan fingerprint density at radius 2 is 1.68 bits per heavy atom. The summed E-state index contributed by atoms with van der Waals surface area (Å²) in [5.74, 6) is -0.357. The maximum Gasteiger partial charge on any atom is 0.226 e. The minimum atomic E-state index is -0.191. The van der Waals surface area contributed by atoms with Gasteiger partial charge in [0.2, 0.25) is 11.8 Å². The molecule has 0 unspecified atom stereocenters. The van der Waals surface area contributed by atoms with Gasteiger partial charge in [0.05, 0.1) is 10.7 Å². The molecule has 0 atom stereocenters. The lowest BCUT2D eigenvalue weighted by atomic mass is 10.1. The molecule has 0 radical (unpaired) electrons. The van der Waals surface area contributed by atoms with Crippen molar-refractivity contribution >= 4 is 46.4 Å². The molecular formula is C19H20Cl2N2O2. The number of hydrogen-bond acceptors (Lipinski definition) is 2. The number of rotatable bonds is 5. The molecule has 0 spiro atoms. The fourth-order valence-corrected chi connectivity index (χ4v) is 3.14. The van der Waals surface area contributed by atoms with Gasteiger partial charge in [0.1, 0.15) is 0 Å². The minimum absolute atomic E-state index is 0.158. The van der Waals surface area contributed by atoms with Crippen LogP contribution in [0.25, 0.3) is 0 Å². The zero-order valence-electron chi connectivity index (χ0n) is 14.4. The lowest BCUT2D eigenvalue weighted by Gasteiger charge is -2.22. The molecule has 0 aliphatic rings. The first kappa shape index (κ1) is 19.3. The first-order valence-corrected chi connectivity index (χ1v) is 8.63. The zero-order valence-corrected chi connectivity index (χ0v) is 15.9. The molecular weight excluding hydrogens is 359 g/mol. The van der Waals surface area contributed by atoms with Crippen molar-refractivity contribution < 1.29 is 9.59 Å². The number of nitrogens with one attached hydrogen (secondary N) is 1. The molecule has 0 aliphatic heterocycles. The normalized spacial score (nSPS) is 10.4. The fourth-order valence-electron chi connectivity index (χ4n) is 2.63. The zero-order chi connectivity index (χ0) is 18.6. The molecule has 25 heavy (non-hydrogen) atoms. The van der Waals surface area contributed by atoms with E-state index in [2.05, 4.69) is 5.32 Å². The topological polar surface area (TPSA) is 49.4 Å². The number of aryl methyl sites for hydroxylation is 2. The van der Waals surface area contributed by atoms with E-state index in [1.165, 1.54) is 11.8 Å². The van der Waals surface area contributed by atoms with E-state index in [1.807, 2.05) is 32.0 Å². The Balaban J connectivity index is 2.05. The van der Waals surface area contributed by atoms with Crippen LogP contribution in [0, 0.1) is 13.8 Å². The molecule has 2 aromatic rings. The number of halogens is 2. The van der Waals surface area contributed by atoms with Gasteiger partial charge in [-0.2, -0.15) is 0 Å². The standard InChI is InChI=1S/C19H20Cl2N2O2/c1-12-8-13(2)10-16(9-12)22-19(25)6-7-23(14(3)24)18-5-4-15(20)11-17(18)21/h4-5,8-11H,6-7H2,1-3H3,(H,22,25). The average molecular weight is 379 g/mol. The van der Waals surface area contributed by atoms with Crippen molar-refractivity contribution in [3.05, 3.63) is 57.6 Å². The van der Waals surface area contributed by atoms with E-state index in [0.717, 1.165) is 16.8 Å². The van der Waals surface area contributed by atoms with Gasteiger partial charge in [-0.25, -0.2) is 0 Å². The summed E-state index contributed by atoms with van der Waals surface area (Å²) in [6.07, 6.45) is 0.158. The third-order valence-corrected chi connectivity index (χ3v) is 4.19. The number of hydrogen-bond donors (Lipinski definition) is 1. The van der Waals surface area contributed by atoms with Crippen LogP contribution in [0.3, 0.4) is 0 Å². The van der Waals surface area contributed by atoms with E-state index in [9.17, 15) is 9.59 Å². The third-order valence-electron chi connectivity index (χ3n) is 3.65. The summed E-state index contributed by atoms with van der Waals surface area (Å²) in [5.41, 5.74) is 3.45. The van der Waals surface area contributed by atoms with E-state index >= 15 is 0 Å². The highest BCUT2D eigenvalue weighted by Gasteiger charge is 2.16. The summed E-state index contributed by atoms with van der Waals surface area (Å²) >= 11 is 12.1. The van der Waals surface area contributed by atoms with Gasteiger partial charge in [-0.15, -0.1) is 0 Å². The van der Waals surface area contributed by atoms with Crippen molar-refractivity contribution in [1.29, 1.82) is 0 Å². The second-order valence-electron chi connectivity index (χ2n) is 5.94. The maximum absolute atomic E-state index is 12.2. The number of carbonyl (C=O) groups is 2. The Kier molecular flexibility index (Phi) is 6.45. The van der Waals surface area contributed by atoms with Crippen LogP contribution in [-0.2, 0) is 9.59 Å². The highest BCUT2D eigenvalue weighted by molar-refractivity contribution is 6.36. The second-order valence-corrected chi connectivity index (χ2v) is 6.78. The molecule has 6 heteroatoms. The summed E-state index contributed by atoms with van der Waals surface area (Å²) in [5, 5.41) is 3.73. The Morgan fingerprint density at radius 1 is 1.04 bits per heavy atom. The largest absolute Gasteiger partial charge is 0.326 e. The van der Waals surface area contributed by atoms with Crippen LogP contribution in [0.15, 0.2) is 36.4 Å². The van der Waals surface area contributed by atoms with Gasteiger partial charge < -0.3 is 10.2 Å². The Bertz CT molecular complexity index is 786. The van der Waals surface area contributed by atoms with Crippen molar-refractivity contribution in [2.45, 2.75) is 27.2 Å². The van der Waals surface area contributed by atoms with Gasteiger partial charge >= 0.3 is 0 Å². The molecule has 2 rings (SSSR count). The SMILES string of the molecule is CC(=O)N(CCC(=O)Nc1cc(C)cc(C)c1)c1ccc(Cl)cc1Cl. The van der Waals surface area contributed by atoms with Gasteiger partial charge in [0.15, 0.2) is 0 Å². The van der Waals surface area contributed by atoms with E-state index in [4.69, 9.17) is 23.2 Å². The van der Waals surface area contributed by atoms with Crippen LogP contribution < -0.4 is 10.2 Å². The van der Waals surface area contributed by atoms with Gasteiger partial charge in [0, 0.05) is 30.6 Å². The van der Waals surface area contributed by atoms with E-state index < -0.39 is 0 Å². The van der Waals surface area contributed by atoms with Crippen LogP contribution in [0.5, 0.6) is 0 Å². The molecule has 0 heterocycles.